The normalized spacial score (nSPS) is 10.3. The average Bonchev–Trinajstić information content (AvgIpc) is 2.49. The lowest BCUT2D eigenvalue weighted by Gasteiger charge is -2.19. The maximum atomic E-state index is 9.24. The zero-order chi connectivity index (χ0) is 14.4. The SMILES string of the molecule is CCN(CC)c1ccc(NCc2ccc(O)cc2)cn1. The van der Waals surface area contributed by atoms with Gasteiger partial charge in [0.05, 0.1) is 11.9 Å². The zero-order valence-electron chi connectivity index (χ0n) is 12.0. The molecule has 2 rings (SSSR count). The molecule has 0 unspecified atom stereocenters. The maximum Gasteiger partial charge on any atom is 0.128 e. The Kier molecular flexibility index (Phi) is 4.82. The number of nitrogens with one attached hydrogen (secondary N) is 1. The summed E-state index contributed by atoms with van der Waals surface area (Å²) in [6.07, 6.45) is 1.86. The second kappa shape index (κ2) is 6.80. The molecule has 1 aromatic heterocycles. The minimum Gasteiger partial charge on any atom is -0.508 e. The van der Waals surface area contributed by atoms with Gasteiger partial charge in [-0.25, -0.2) is 4.98 Å². The van der Waals surface area contributed by atoms with Gasteiger partial charge >= 0.3 is 0 Å². The lowest BCUT2D eigenvalue weighted by Crippen LogP contribution is -2.22. The Morgan fingerprint density at radius 3 is 2.30 bits per heavy atom. The minimum atomic E-state index is 0.291. The predicted molar refractivity (Wildman–Crippen MR) is 83.2 cm³/mol. The number of aromatic hydroxyl groups is 1. The molecule has 106 valence electrons. The first-order chi connectivity index (χ1) is 9.72. The van der Waals surface area contributed by atoms with E-state index in [2.05, 4.69) is 29.0 Å². The van der Waals surface area contributed by atoms with E-state index in [1.807, 2.05) is 30.5 Å². The Balaban J connectivity index is 1.95. The molecule has 0 aliphatic carbocycles. The lowest BCUT2D eigenvalue weighted by molar-refractivity contribution is 0.475. The molecule has 0 amide bonds. The van der Waals surface area contributed by atoms with Gasteiger partial charge in [-0.2, -0.15) is 0 Å². The van der Waals surface area contributed by atoms with Crippen LogP contribution in [0.5, 0.6) is 5.75 Å². The van der Waals surface area contributed by atoms with Gasteiger partial charge in [-0.15, -0.1) is 0 Å². The van der Waals surface area contributed by atoms with Crippen LogP contribution >= 0.6 is 0 Å². The van der Waals surface area contributed by atoms with Gasteiger partial charge in [-0.1, -0.05) is 12.1 Å². The maximum absolute atomic E-state index is 9.24. The highest BCUT2D eigenvalue weighted by molar-refractivity contribution is 5.48. The molecule has 0 radical (unpaired) electrons. The number of aromatic nitrogens is 1. The quantitative estimate of drug-likeness (QED) is 0.846. The summed E-state index contributed by atoms with van der Waals surface area (Å²) in [4.78, 5) is 6.68. The number of anilines is 2. The molecule has 0 atom stereocenters. The average molecular weight is 271 g/mol. The summed E-state index contributed by atoms with van der Waals surface area (Å²) in [5.74, 6) is 1.30. The van der Waals surface area contributed by atoms with Gasteiger partial charge < -0.3 is 15.3 Å². The highest BCUT2D eigenvalue weighted by Crippen LogP contribution is 2.15. The molecular formula is C16H21N3O. The Hall–Kier alpha value is -2.23. The number of benzene rings is 1. The third-order valence-corrected chi connectivity index (χ3v) is 3.27. The van der Waals surface area contributed by atoms with E-state index in [1.54, 1.807) is 12.1 Å². The summed E-state index contributed by atoms with van der Waals surface area (Å²) in [5, 5.41) is 12.6. The van der Waals surface area contributed by atoms with Gasteiger partial charge in [0.25, 0.3) is 0 Å². The first-order valence-corrected chi connectivity index (χ1v) is 6.95. The van der Waals surface area contributed by atoms with Crippen molar-refractivity contribution in [1.29, 1.82) is 0 Å². The molecule has 0 saturated carbocycles. The summed E-state index contributed by atoms with van der Waals surface area (Å²) >= 11 is 0. The first-order valence-electron chi connectivity index (χ1n) is 6.95. The number of phenols is 1. The third-order valence-electron chi connectivity index (χ3n) is 3.27. The molecule has 20 heavy (non-hydrogen) atoms. The van der Waals surface area contributed by atoms with Crippen LogP contribution in [0.4, 0.5) is 11.5 Å². The van der Waals surface area contributed by atoms with Gasteiger partial charge in [0.15, 0.2) is 0 Å². The predicted octanol–water partition coefficient (Wildman–Crippen LogP) is 3.25. The molecule has 1 heterocycles. The number of hydrogen-bond donors (Lipinski definition) is 2. The molecule has 4 nitrogen and oxygen atoms in total. The Bertz CT molecular complexity index is 518. The van der Waals surface area contributed by atoms with Crippen molar-refractivity contribution in [3.8, 4) is 5.75 Å². The van der Waals surface area contributed by atoms with Gasteiger partial charge in [0.2, 0.25) is 0 Å². The molecule has 2 aromatic rings. The molecule has 0 spiro atoms. The highest BCUT2D eigenvalue weighted by atomic mass is 16.3. The van der Waals surface area contributed by atoms with E-state index in [0.29, 0.717) is 12.3 Å². The molecular weight excluding hydrogens is 250 g/mol. The Morgan fingerprint density at radius 2 is 1.75 bits per heavy atom. The summed E-state index contributed by atoms with van der Waals surface area (Å²) < 4.78 is 0. The molecule has 0 fully saturated rings. The summed E-state index contributed by atoms with van der Waals surface area (Å²) in [7, 11) is 0. The van der Waals surface area contributed by atoms with Crippen molar-refractivity contribution >= 4 is 11.5 Å². The number of pyridine rings is 1. The second-order valence-corrected chi connectivity index (χ2v) is 4.60. The lowest BCUT2D eigenvalue weighted by atomic mass is 10.2. The molecule has 0 aliphatic heterocycles. The molecule has 1 aromatic carbocycles. The molecule has 2 N–H and O–H groups in total. The van der Waals surface area contributed by atoms with Crippen LogP contribution in [0.2, 0.25) is 0 Å². The van der Waals surface area contributed by atoms with Gasteiger partial charge in [0, 0.05) is 19.6 Å². The van der Waals surface area contributed by atoms with Crippen LogP contribution in [-0.4, -0.2) is 23.2 Å². The monoisotopic (exact) mass is 271 g/mol. The van der Waals surface area contributed by atoms with Crippen LogP contribution in [-0.2, 0) is 6.54 Å². The highest BCUT2D eigenvalue weighted by Gasteiger charge is 2.02. The fourth-order valence-corrected chi connectivity index (χ4v) is 2.04. The van der Waals surface area contributed by atoms with E-state index in [0.717, 1.165) is 30.2 Å². The van der Waals surface area contributed by atoms with Crippen molar-refractivity contribution in [2.24, 2.45) is 0 Å². The van der Waals surface area contributed by atoms with Crippen molar-refractivity contribution in [2.45, 2.75) is 20.4 Å². The van der Waals surface area contributed by atoms with Crippen LogP contribution in [0.15, 0.2) is 42.6 Å². The van der Waals surface area contributed by atoms with Crippen LogP contribution in [0, 0.1) is 0 Å². The van der Waals surface area contributed by atoms with Crippen molar-refractivity contribution < 1.29 is 5.11 Å². The fraction of sp³-hybridized carbons (Fsp3) is 0.312. The summed E-state index contributed by atoms with van der Waals surface area (Å²) in [5.41, 5.74) is 2.12. The zero-order valence-corrected chi connectivity index (χ0v) is 12.0. The van der Waals surface area contributed by atoms with Crippen LogP contribution in [0.1, 0.15) is 19.4 Å². The van der Waals surface area contributed by atoms with E-state index in [4.69, 9.17) is 0 Å². The summed E-state index contributed by atoms with van der Waals surface area (Å²) in [6, 6.07) is 11.3. The second-order valence-electron chi connectivity index (χ2n) is 4.60. The van der Waals surface area contributed by atoms with E-state index >= 15 is 0 Å². The van der Waals surface area contributed by atoms with Crippen LogP contribution in [0.25, 0.3) is 0 Å². The largest absolute Gasteiger partial charge is 0.508 e. The molecule has 0 bridgehead atoms. The van der Waals surface area contributed by atoms with Gasteiger partial charge in [-0.3, -0.25) is 0 Å². The fourth-order valence-electron chi connectivity index (χ4n) is 2.04. The standard InChI is InChI=1S/C16H21N3O/c1-3-19(4-2)16-10-7-14(12-18-16)17-11-13-5-8-15(20)9-6-13/h5-10,12,17,20H,3-4,11H2,1-2H3. The van der Waals surface area contributed by atoms with Gasteiger partial charge in [-0.05, 0) is 43.7 Å². The smallest absolute Gasteiger partial charge is 0.128 e. The van der Waals surface area contributed by atoms with Crippen LogP contribution in [0.3, 0.4) is 0 Å². The van der Waals surface area contributed by atoms with Gasteiger partial charge in [0.1, 0.15) is 11.6 Å². The summed E-state index contributed by atoms with van der Waals surface area (Å²) in [6.45, 7) is 6.89. The Morgan fingerprint density at radius 1 is 1.05 bits per heavy atom. The van der Waals surface area contributed by atoms with Crippen molar-refractivity contribution in [1.82, 2.24) is 4.98 Å². The first kappa shape index (κ1) is 14.2. The van der Waals surface area contributed by atoms with Crippen molar-refractivity contribution in [3.05, 3.63) is 48.2 Å². The number of hydrogen-bond acceptors (Lipinski definition) is 4. The number of nitrogens with zero attached hydrogens (tertiary/aromatic N) is 2. The molecule has 4 heteroatoms. The third kappa shape index (κ3) is 3.63. The Labute approximate surface area is 120 Å². The minimum absolute atomic E-state index is 0.291. The number of phenolic OH excluding ortho intramolecular Hbond substituents is 1. The number of rotatable bonds is 6. The van der Waals surface area contributed by atoms with E-state index in [-0.39, 0.29) is 0 Å². The molecule has 0 aliphatic rings. The van der Waals surface area contributed by atoms with E-state index in [1.165, 1.54) is 0 Å². The van der Waals surface area contributed by atoms with E-state index < -0.39 is 0 Å². The topological polar surface area (TPSA) is 48.4 Å². The van der Waals surface area contributed by atoms with Crippen LogP contribution < -0.4 is 10.2 Å². The van der Waals surface area contributed by atoms with Crippen molar-refractivity contribution in [2.75, 3.05) is 23.3 Å². The molecule has 0 saturated heterocycles. The van der Waals surface area contributed by atoms with Crippen molar-refractivity contribution in [3.63, 3.8) is 0 Å². The van der Waals surface area contributed by atoms with E-state index in [9.17, 15) is 5.11 Å².